The molecule has 0 saturated carbocycles. The third-order valence-electron chi connectivity index (χ3n) is 5.50. The third-order valence-corrected chi connectivity index (χ3v) is 6.43. The number of aliphatic hydroxyl groups excluding tert-OH is 1. The Balaban J connectivity index is 1.54. The van der Waals surface area contributed by atoms with Crippen LogP contribution in [0.3, 0.4) is 0 Å². The lowest BCUT2D eigenvalue weighted by Crippen LogP contribution is -2.26. The number of hydrogen-bond donors (Lipinski definition) is 4. The normalized spacial score (nSPS) is 12.7. The minimum atomic E-state index is -2.56. The SMILES string of the molecule is Cc1cc(-c2ccc(C(=O)O)cc2)cc(Cl)c1OCCNCC(O)c1ccc(O)c(N(C)S(=O)[O-])c1. The van der Waals surface area contributed by atoms with Crippen LogP contribution in [0.5, 0.6) is 11.5 Å². The summed E-state index contributed by atoms with van der Waals surface area (Å²) in [5.41, 5.74) is 3.20. The molecule has 3 aromatic rings. The van der Waals surface area contributed by atoms with Crippen molar-refractivity contribution in [1.29, 1.82) is 0 Å². The average Bonchev–Trinajstić information content (AvgIpc) is 2.84. The van der Waals surface area contributed by atoms with Crippen LogP contribution in [0.25, 0.3) is 11.1 Å². The highest BCUT2D eigenvalue weighted by atomic mass is 35.5. The van der Waals surface area contributed by atoms with Crippen LogP contribution >= 0.6 is 11.6 Å². The number of phenolic OH excluding ortho intramolecular Hbond substituents is 1. The van der Waals surface area contributed by atoms with Gasteiger partial charge in [0, 0.05) is 31.4 Å². The van der Waals surface area contributed by atoms with Crippen molar-refractivity contribution in [2.75, 3.05) is 31.0 Å². The summed E-state index contributed by atoms with van der Waals surface area (Å²) in [5, 5.41) is 32.9. The van der Waals surface area contributed by atoms with Gasteiger partial charge in [-0.1, -0.05) is 29.8 Å². The lowest BCUT2D eigenvalue weighted by Gasteiger charge is -2.23. The molecule has 192 valence electrons. The summed E-state index contributed by atoms with van der Waals surface area (Å²) in [6, 6.07) is 14.4. The number of aliphatic hydroxyl groups is 1. The molecule has 4 N–H and O–H groups in total. The number of anilines is 1. The van der Waals surface area contributed by atoms with Crippen molar-refractivity contribution in [3.8, 4) is 22.6 Å². The first-order valence-electron chi connectivity index (χ1n) is 10.9. The van der Waals surface area contributed by atoms with Crippen LogP contribution < -0.4 is 14.4 Å². The molecule has 11 heteroatoms. The average molecular weight is 534 g/mol. The van der Waals surface area contributed by atoms with Gasteiger partial charge in [-0.05, 0) is 65.6 Å². The summed E-state index contributed by atoms with van der Waals surface area (Å²) in [5.74, 6) is -0.672. The summed E-state index contributed by atoms with van der Waals surface area (Å²) in [4.78, 5) is 11.0. The fourth-order valence-electron chi connectivity index (χ4n) is 3.55. The van der Waals surface area contributed by atoms with E-state index in [0.717, 1.165) is 21.0 Å². The quantitative estimate of drug-likeness (QED) is 0.216. The zero-order valence-corrected chi connectivity index (χ0v) is 21.2. The first-order chi connectivity index (χ1) is 17.1. The molecule has 0 aliphatic rings. The molecule has 9 nitrogen and oxygen atoms in total. The molecule has 0 aliphatic heterocycles. The molecule has 0 radical (unpaired) electrons. The van der Waals surface area contributed by atoms with Crippen molar-refractivity contribution in [3.05, 3.63) is 76.3 Å². The van der Waals surface area contributed by atoms with E-state index >= 15 is 0 Å². The molecule has 0 fully saturated rings. The Morgan fingerprint density at radius 2 is 1.86 bits per heavy atom. The minimum absolute atomic E-state index is 0.0645. The first-order valence-corrected chi connectivity index (χ1v) is 12.3. The van der Waals surface area contributed by atoms with Crippen LogP contribution in [-0.4, -0.2) is 56.8 Å². The van der Waals surface area contributed by atoms with Gasteiger partial charge < -0.3 is 34.2 Å². The monoisotopic (exact) mass is 533 g/mol. The van der Waals surface area contributed by atoms with Crippen LogP contribution in [0.15, 0.2) is 54.6 Å². The molecule has 0 spiro atoms. The van der Waals surface area contributed by atoms with Crippen LogP contribution in [0.4, 0.5) is 5.69 Å². The summed E-state index contributed by atoms with van der Waals surface area (Å²) in [6.45, 7) is 2.72. The van der Waals surface area contributed by atoms with Crippen molar-refractivity contribution >= 4 is 34.5 Å². The predicted molar refractivity (Wildman–Crippen MR) is 137 cm³/mol. The third kappa shape index (κ3) is 6.74. The zero-order valence-electron chi connectivity index (χ0n) is 19.6. The molecule has 0 aromatic heterocycles. The Morgan fingerprint density at radius 1 is 1.17 bits per heavy atom. The minimum Gasteiger partial charge on any atom is -0.755 e. The fourth-order valence-corrected chi connectivity index (χ4v) is 4.18. The van der Waals surface area contributed by atoms with E-state index in [-0.39, 0.29) is 30.2 Å². The number of hydrogen-bond acceptors (Lipinski definition) is 7. The van der Waals surface area contributed by atoms with Crippen molar-refractivity contribution < 1.29 is 33.6 Å². The van der Waals surface area contributed by atoms with Gasteiger partial charge in [0.05, 0.1) is 22.4 Å². The zero-order chi connectivity index (χ0) is 26.4. The highest BCUT2D eigenvalue weighted by molar-refractivity contribution is 7.80. The number of ether oxygens (including phenoxy) is 1. The number of nitrogens with zero attached hydrogens (tertiary/aromatic N) is 1. The molecular formula is C25H26ClN2O7S-. The largest absolute Gasteiger partial charge is 0.755 e. The summed E-state index contributed by atoms with van der Waals surface area (Å²) >= 11 is 3.88. The van der Waals surface area contributed by atoms with Crippen LogP contribution in [0.2, 0.25) is 5.02 Å². The number of aryl methyl sites for hydroxylation is 1. The molecule has 0 amide bonds. The molecule has 0 saturated heterocycles. The topological polar surface area (TPSA) is 142 Å². The van der Waals surface area contributed by atoms with Gasteiger partial charge >= 0.3 is 5.97 Å². The molecule has 0 heterocycles. The van der Waals surface area contributed by atoms with Gasteiger partial charge in [0.1, 0.15) is 18.1 Å². The molecular weight excluding hydrogens is 508 g/mol. The first kappa shape index (κ1) is 27.4. The number of nitrogens with one attached hydrogen (secondary N) is 1. The number of carboxylic acid groups (broad SMARTS) is 1. The van der Waals surface area contributed by atoms with Crippen molar-refractivity contribution in [2.45, 2.75) is 13.0 Å². The molecule has 0 aliphatic carbocycles. The van der Waals surface area contributed by atoms with Crippen LogP contribution in [0, 0.1) is 6.92 Å². The van der Waals surface area contributed by atoms with Crippen LogP contribution in [0.1, 0.15) is 27.6 Å². The maximum absolute atomic E-state index is 11.2. The molecule has 3 rings (SSSR count). The number of phenols is 1. The smallest absolute Gasteiger partial charge is 0.335 e. The van der Waals surface area contributed by atoms with Gasteiger partial charge in [0.25, 0.3) is 0 Å². The second-order valence-electron chi connectivity index (χ2n) is 8.02. The predicted octanol–water partition coefficient (Wildman–Crippen LogP) is 3.65. The maximum Gasteiger partial charge on any atom is 0.335 e. The lowest BCUT2D eigenvalue weighted by atomic mass is 10.0. The van der Waals surface area contributed by atoms with E-state index in [1.807, 2.05) is 13.0 Å². The Morgan fingerprint density at radius 3 is 2.47 bits per heavy atom. The van der Waals surface area contributed by atoms with Crippen LogP contribution in [-0.2, 0) is 11.3 Å². The Hall–Kier alpha value is -3.15. The van der Waals surface area contributed by atoms with Gasteiger partial charge in [-0.15, -0.1) is 0 Å². The number of rotatable bonds is 11. The number of carboxylic acids is 1. The van der Waals surface area contributed by atoms with E-state index in [0.29, 0.717) is 22.9 Å². The van der Waals surface area contributed by atoms with Gasteiger partial charge in [0.2, 0.25) is 0 Å². The molecule has 0 bridgehead atoms. The molecule has 2 atom stereocenters. The number of carbonyl (C=O) groups is 1. The van der Waals surface area contributed by atoms with Gasteiger partial charge in [-0.3, -0.25) is 4.21 Å². The molecule has 2 unspecified atom stereocenters. The van der Waals surface area contributed by atoms with Gasteiger partial charge in [-0.2, -0.15) is 0 Å². The lowest BCUT2D eigenvalue weighted by molar-refractivity contribution is 0.0697. The number of benzene rings is 3. The van der Waals surface area contributed by atoms with E-state index < -0.39 is 23.3 Å². The highest BCUT2D eigenvalue weighted by Gasteiger charge is 2.14. The van der Waals surface area contributed by atoms with Crippen molar-refractivity contribution in [1.82, 2.24) is 5.32 Å². The summed E-state index contributed by atoms with van der Waals surface area (Å²) in [6.07, 6.45) is -0.935. The fraction of sp³-hybridized carbons (Fsp3) is 0.240. The van der Waals surface area contributed by atoms with E-state index in [1.165, 1.54) is 37.4 Å². The Kier molecular flexibility index (Phi) is 9.30. The number of halogens is 1. The van der Waals surface area contributed by atoms with E-state index in [9.17, 15) is 23.8 Å². The molecule has 3 aromatic carbocycles. The van der Waals surface area contributed by atoms with Crippen molar-refractivity contribution in [3.63, 3.8) is 0 Å². The Bertz CT molecular complexity index is 1230. The van der Waals surface area contributed by atoms with E-state index in [1.54, 1.807) is 18.2 Å². The second-order valence-corrected chi connectivity index (χ2v) is 9.41. The number of aromatic hydroxyl groups is 1. The molecule has 36 heavy (non-hydrogen) atoms. The second kappa shape index (κ2) is 12.2. The summed E-state index contributed by atoms with van der Waals surface area (Å²) < 4.78 is 29.0. The van der Waals surface area contributed by atoms with E-state index in [4.69, 9.17) is 21.4 Å². The Labute approximate surface area is 216 Å². The number of aromatic carboxylic acids is 1. The highest BCUT2D eigenvalue weighted by Crippen LogP contribution is 2.34. The van der Waals surface area contributed by atoms with Gasteiger partial charge in [-0.25, -0.2) is 4.79 Å². The standard InChI is InChI=1S/C25H27ClN2O7S/c1-15-11-19(16-3-5-17(6-4-16)25(31)32)12-20(26)24(15)35-10-9-27-14-23(30)18-7-8-22(29)21(13-18)28(2)36(33)34/h3-8,11-13,23,27,29-30H,9-10,14H2,1-2H3,(H,31,32)(H,33,34)/p-1. The maximum atomic E-state index is 11.2. The van der Waals surface area contributed by atoms with Crippen molar-refractivity contribution in [2.24, 2.45) is 0 Å². The summed E-state index contributed by atoms with van der Waals surface area (Å²) in [7, 11) is 1.29. The van der Waals surface area contributed by atoms with Gasteiger partial charge in [0.15, 0.2) is 0 Å². The van der Waals surface area contributed by atoms with E-state index in [2.05, 4.69) is 5.32 Å².